The molecule has 0 aliphatic rings. The van der Waals surface area contributed by atoms with Crippen molar-refractivity contribution in [1.82, 2.24) is 4.98 Å². The number of rotatable bonds is 3. The zero-order valence-electron chi connectivity index (χ0n) is 12.0. The zero-order chi connectivity index (χ0) is 14.5. The van der Waals surface area contributed by atoms with Gasteiger partial charge in [0.25, 0.3) is 0 Å². The summed E-state index contributed by atoms with van der Waals surface area (Å²) in [4.78, 5) is 4.49. The Bertz CT molecular complexity index is 743. The molecule has 2 aromatic carbocycles. The molecular weight excluding hydrogens is 254 g/mol. The van der Waals surface area contributed by atoms with Gasteiger partial charge in [0.2, 0.25) is 0 Å². The highest BCUT2D eigenvalue weighted by molar-refractivity contribution is 5.81. The van der Waals surface area contributed by atoms with Crippen LogP contribution in [0.4, 0.5) is 0 Å². The van der Waals surface area contributed by atoms with Gasteiger partial charge in [0, 0.05) is 11.8 Å². The van der Waals surface area contributed by atoms with Crippen molar-refractivity contribution < 1.29 is 0 Å². The highest BCUT2D eigenvalue weighted by Crippen LogP contribution is 2.27. The Hall–Kier alpha value is -2.67. The van der Waals surface area contributed by atoms with Gasteiger partial charge in [-0.2, -0.15) is 0 Å². The molecule has 1 aromatic heterocycles. The van der Waals surface area contributed by atoms with Crippen LogP contribution in [0.2, 0.25) is 0 Å². The van der Waals surface area contributed by atoms with Crippen LogP contribution in [0.25, 0.3) is 23.4 Å². The molecule has 0 aliphatic carbocycles. The highest BCUT2D eigenvalue weighted by atomic mass is 14.7. The van der Waals surface area contributed by atoms with E-state index in [0.29, 0.717) is 0 Å². The summed E-state index contributed by atoms with van der Waals surface area (Å²) in [7, 11) is 0. The summed E-state index contributed by atoms with van der Waals surface area (Å²) in [5.74, 6) is 0. The van der Waals surface area contributed by atoms with E-state index in [1.807, 2.05) is 24.4 Å². The molecule has 21 heavy (non-hydrogen) atoms. The number of pyridine rings is 1. The molecule has 0 bridgehead atoms. The average molecular weight is 271 g/mol. The van der Waals surface area contributed by atoms with Gasteiger partial charge >= 0.3 is 0 Å². The molecule has 0 fully saturated rings. The first-order valence-corrected chi connectivity index (χ1v) is 7.09. The molecule has 0 unspecified atom stereocenters. The second-order valence-corrected chi connectivity index (χ2v) is 5.00. The van der Waals surface area contributed by atoms with Gasteiger partial charge in [-0.25, -0.2) is 0 Å². The number of hydrogen-bond acceptors (Lipinski definition) is 1. The molecule has 0 saturated carbocycles. The number of benzene rings is 2. The molecule has 1 heterocycles. The lowest BCUT2D eigenvalue weighted by molar-refractivity contribution is 1.30. The second-order valence-electron chi connectivity index (χ2n) is 5.00. The van der Waals surface area contributed by atoms with Gasteiger partial charge in [-0.05, 0) is 35.7 Å². The Morgan fingerprint density at radius 2 is 1.57 bits per heavy atom. The van der Waals surface area contributed by atoms with Gasteiger partial charge in [-0.3, -0.25) is 4.98 Å². The summed E-state index contributed by atoms with van der Waals surface area (Å²) in [6, 6.07) is 22.7. The number of aromatic nitrogens is 1. The SMILES string of the molecule is Cc1cccc(/C=C/c2ccccc2)c1-c1ccccn1. The zero-order valence-corrected chi connectivity index (χ0v) is 12.0. The first kappa shape index (κ1) is 13.3. The van der Waals surface area contributed by atoms with Gasteiger partial charge in [0.05, 0.1) is 5.69 Å². The van der Waals surface area contributed by atoms with Crippen LogP contribution in [0.15, 0.2) is 72.9 Å². The molecule has 0 saturated heterocycles. The molecule has 1 heteroatoms. The maximum atomic E-state index is 4.49. The maximum Gasteiger partial charge on any atom is 0.0710 e. The fourth-order valence-electron chi connectivity index (χ4n) is 2.44. The number of aryl methyl sites for hydroxylation is 1. The van der Waals surface area contributed by atoms with Crippen LogP contribution in [0.5, 0.6) is 0 Å². The smallest absolute Gasteiger partial charge is 0.0710 e. The Kier molecular flexibility index (Phi) is 3.92. The van der Waals surface area contributed by atoms with Crippen molar-refractivity contribution in [1.29, 1.82) is 0 Å². The van der Waals surface area contributed by atoms with Crippen molar-refractivity contribution in [3.8, 4) is 11.3 Å². The third-order valence-electron chi connectivity index (χ3n) is 3.48. The number of nitrogens with zero attached hydrogens (tertiary/aromatic N) is 1. The average Bonchev–Trinajstić information content (AvgIpc) is 2.55. The molecule has 3 rings (SSSR count). The van der Waals surface area contributed by atoms with Crippen molar-refractivity contribution in [2.45, 2.75) is 6.92 Å². The predicted molar refractivity (Wildman–Crippen MR) is 89.8 cm³/mol. The first-order chi connectivity index (χ1) is 10.3. The largest absolute Gasteiger partial charge is 0.256 e. The minimum Gasteiger partial charge on any atom is -0.256 e. The van der Waals surface area contributed by atoms with E-state index >= 15 is 0 Å². The third-order valence-corrected chi connectivity index (χ3v) is 3.48. The van der Waals surface area contributed by atoms with E-state index in [9.17, 15) is 0 Å². The van der Waals surface area contributed by atoms with Gasteiger partial charge in [0.1, 0.15) is 0 Å². The molecule has 102 valence electrons. The quantitative estimate of drug-likeness (QED) is 0.594. The fraction of sp³-hybridized carbons (Fsp3) is 0.0500. The lowest BCUT2D eigenvalue weighted by atomic mass is 9.97. The van der Waals surface area contributed by atoms with Crippen LogP contribution in [0.1, 0.15) is 16.7 Å². The topological polar surface area (TPSA) is 12.9 Å². The van der Waals surface area contributed by atoms with Gasteiger partial charge in [-0.1, -0.05) is 66.7 Å². The van der Waals surface area contributed by atoms with Gasteiger partial charge < -0.3 is 0 Å². The monoisotopic (exact) mass is 271 g/mol. The molecule has 0 N–H and O–H groups in total. The van der Waals surface area contributed by atoms with E-state index < -0.39 is 0 Å². The number of hydrogen-bond donors (Lipinski definition) is 0. The Labute approximate surface area is 125 Å². The summed E-state index contributed by atoms with van der Waals surface area (Å²) >= 11 is 0. The standard InChI is InChI=1S/C20H17N/c1-16-8-7-11-18(14-13-17-9-3-2-4-10-17)20(16)19-12-5-6-15-21-19/h2-15H,1H3/b14-13+. The van der Waals surface area contributed by atoms with E-state index in [1.165, 1.54) is 22.3 Å². The summed E-state index contributed by atoms with van der Waals surface area (Å²) in [6.45, 7) is 2.13. The van der Waals surface area contributed by atoms with E-state index in [1.54, 1.807) is 0 Å². The Morgan fingerprint density at radius 1 is 0.762 bits per heavy atom. The van der Waals surface area contributed by atoms with Crippen molar-refractivity contribution in [3.05, 3.63) is 89.6 Å². The summed E-state index contributed by atoms with van der Waals surface area (Å²) < 4.78 is 0. The molecule has 0 amide bonds. The minimum absolute atomic E-state index is 1.02. The van der Waals surface area contributed by atoms with Crippen LogP contribution in [0, 0.1) is 6.92 Å². The summed E-state index contributed by atoms with van der Waals surface area (Å²) in [5.41, 5.74) is 5.85. The predicted octanol–water partition coefficient (Wildman–Crippen LogP) is 5.23. The Morgan fingerprint density at radius 3 is 2.33 bits per heavy atom. The molecule has 1 nitrogen and oxygen atoms in total. The van der Waals surface area contributed by atoms with Crippen molar-refractivity contribution in [2.75, 3.05) is 0 Å². The highest BCUT2D eigenvalue weighted by Gasteiger charge is 2.06. The van der Waals surface area contributed by atoms with Crippen LogP contribution >= 0.6 is 0 Å². The first-order valence-electron chi connectivity index (χ1n) is 7.09. The Balaban J connectivity index is 2.04. The van der Waals surface area contributed by atoms with E-state index in [2.05, 4.69) is 72.6 Å². The summed E-state index contributed by atoms with van der Waals surface area (Å²) in [5, 5.41) is 0. The fourth-order valence-corrected chi connectivity index (χ4v) is 2.44. The van der Waals surface area contributed by atoms with Crippen molar-refractivity contribution in [3.63, 3.8) is 0 Å². The molecule has 0 radical (unpaired) electrons. The van der Waals surface area contributed by atoms with Gasteiger partial charge in [-0.15, -0.1) is 0 Å². The van der Waals surface area contributed by atoms with E-state index in [-0.39, 0.29) is 0 Å². The maximum absolute atomic E-state index is 4.49. The van der Waals surface area contributed by atoms with Crippen LogP contribution < -0.4 is 0 Å². The van der Waals surface area contributed by atoms with E-state index in [0.717, 1.165) is 5.69 Å². The van der Waals surface area contributed by atoms with Crippen molar-refractivity contribution in [2.24, 2.45) is 0 Å². The molecular formula is C20H17N. The van der Waals surface area contributed by atoms with Crippen LogP contribution in [-0.2, 0) is 0 Å². The van der Waals surface area contributed by atoms with Crippen LogP contribution in [0.3, 0.4) is 0 Å². The molecule has 0 aliphatic heterocycles. The molecule has 0 spiro atoms. The normalized spacial score (nSPS) is 10.9. The second kappa shape index (κ2) is 6.19. The van der Waals surface area contributed by atoms with Crippen molar-refractivity contribution >= 4 is 12.2 Å². The molecule has 3 aromatic rings. The minimum atomic E-state index is 1.02. The van der Waals surface area contributed by atoms with E-state index in [4.69, 9.17) is 0 Å². The third kappa shape index (κ3) is 3.09. The van der Waals surface area contributed by atoms with Crippen LogP contribution in [-0.4, -0.2) is 4.98 Å². The lowest BCUT2D eigenvalue weighted by Gasteiger charge is -2.09. The molecule has 0 atom stereocenters. The summed E-state index contributed by atoms with van der Waals surface area (Å²) in [6.07, 6.45) is 6.14. The van der Waals surface area contributed by atoms with Gasteiger partial charge in [0.15, 0.2) is 0 Å². The lowest BCUT2D eigenvalue weighted by Crippen LogP contribution is -1.90.